The maximum Gasteiger partial charge on any atom is 0.242 e. The van der Waals surface area contributed by atoms with Crippen molar-refractivity contribution in [3.05, 3.63) is 68.7 Å². The maximum absolute atomic E-state index is 13.1. The Balaban J connectivity index is 2.11. The number of hydrogen-bond acceptors (Lipinski definition) is 3. The lowest BCUT2D eigenvalue weighted by molar-refractivity contribution is -0.138. The molecule has 7 heteroatoms. The minimum absolute atomic E-state index is 0.0976. The Labute approximate surface area is 199 Å². The number of amides is 2. The van der Waals surface area contributed by atoms with E-state index in [1.54, 1.807) is 41.8 Å². The van der Waals surface area contributed by atoms with E-state index in [1.165, 1.54) is 16.7 Å². The van der Waals surface area contributed by atoms with Crippen molar-refractivity contribution in [2.24, 2.45) is 0 Å². The molecule has 0 fully saturated rings. The third-order valence-corrected chi connectivity index (χ3v) is 6.42. The topological polar surface area (TPSA) is 49.4 Å². The summed E-state index contributed by atoms with van der Waals surface area (Å²) in [5, 5.41) is 3.89. The molecule has 0 aromatic heterocycles. The van der Waals surface area contributed by atoms with E-state index in [2.05, 4.69) is 37.4 Å². The van der Waals surface area contributed by atoms with E-state index in [9.17, 15) is 9.59 Å². The molecule has 2 aromatic rings. The van der Waals surface area contributed by atoms with Crippen LogP contribution in [0.3, 0.4) is 0 Å². The van der Waals surface area contributed by atoms with Gasteiger partial charge in [0.2, 0.25) is 11.8 Å². The Kier molecular flexibility index (Phi) is 10.2. The number of rotatable bonds is 10. The molecular weight excluding hydrogens is 451 g/mol. The molecule has 1 atom stereocenters. The molecule has 4 nitrogen and oxygen atoms in total. The van der Waals surface area contributed by atoms with Crippen LogP contribution in [0.25, 0.3) is 0 Å². The smallest absolute Gasteiger partial charge is 0.242 e. The molecule has 0 unspecified atom stereocenters. The van der Waals surface area contributed by atoms with Gasteiger partial charge in [0, 0.05) is 28.9 Å². The third-order valence-electron chi connectivity index (χ3n) is 4.85. The highest BCUT2D eigenvalue weighted by Crippen LogP contribution is 2.24. The van der Waals surface area contributed by atoms with E-state index in [0.29, 0.717) is 16.6 Å². The van der Waals surface area contributed by atoms with Gasteiger partial charge in [-0.25, -0.2) is 0 Å². The first-order valence-electron chi connectivity index (χ1n) is 10.4. The zero-order chi connectivity index (χ0) is 23.0. The Bertz CT molecular complexity index is 900. The maximum atomic E-state index is 13.1. The summed E-state index contributed by atoms with van der Waals surface area (Å²) in [5.41, 5.74) is 4.37. The van der Waals surface area contributed by atoms with E-state index >= 15 is 0 Å². The van der Waals surface area contributed by atoms with Gasteiger partial charge in [0.05, 0.1) is 5.75 Å². The molecule has 0 saturated heterocycles. The number of aryl methyl sites for hydroxylation is 2. The van der Waals surface area contributed by atoms with Gasteiger partial charge in [-0.15, -0.1) is 11.8 Å². The van der Waals surface area contributed by atoms with Crippen molar-refractivity contribution in [3.63, 3.8) is 0 Å². The van der Waals surface area contributed by atoms with E-state index in [0.717, 1.165) is 17.7 Å². The van der Waals surface area contributed by atoms with Crippen LogP contribution in [0, 0.1) is 13.8 Å². The molecule has 31 heavy (non-hydrogen) atoms. The highest BCUT2D eigenvalue weighted by atomic mass is 35.5. The van der Waals surface area contributed by atoms with Gasteiger partial charge in [-0.05, 0) is 50.5 Å². The van der Waals surface area contributed by atoms with Crippen LogP contribution in [-0.4, -0.2) is 35.1 Å². The molecule has 0 bridgehead atoms. The largest absolute Gasteiger partial charge is 0.354 e. The second-order valence-electron chi connectivity index (χ2n) is 7.71. The monoisotopic (exact) mass is 480 g/mol. The van der Waals surface area contributed by atoms with Crippen LogP contribution < -0.4 is 5.32 Å². The highest BCUT2D eigenvalue weighted by Gasteiger charge is 2.26. The van der Waals surface area contributed by atoms with Crippen molar-refractivity contribution >= 4 is 46.8 Å². The number of hydrogen-bond donors (Lipinski definition) is 1. The Morgan fingerprint density at radius 1 is 1.10 bits per heavy atom. The van der Waals surface area contributed by atoms with E-state index in [-0.39, 0.29) is 24.1 Å². The summed E-state index contributed by atoms with van der Waals surface area (Å²) in [6.07, 6.45) is 0.835. The normalized spacial score (nSPS) is 11.8. The second-order valence-corrected chi connectivity index (χ2v) is 9.54. The number of nitrogens with one attached hydrogen (secondary N) is 1. The van der Waals surface area contributed by atoms with E-state index in [1.807, 2.05) is 6.92 Å². The molecule has 0 radical (unpaired) electrons. The number of carbonyl (C=O) groups is 2. The number of thioether (sulfide) groups is 1. The predicted molar refractivity (Wildman–Crippen MR) is 132 cm³/mol. The molecule has 0 spiro atoms. The minimum Gasteiger partial charge on any atom is -0.354 e. The SMILES string of the molecule is CCCNC(=O)[C@@H](C)N(Cc1ccc(Cl)cc1Cl)C(=O)CSCc1cc(C)cc(C)c1. The average molecular weight is 481 g/mol. The van der Waals surface area contributed by atoms with Crippen LogP contribution in [0.15, 0.2) is 36.4 Å². The fraction of sp³-hybridized carbons (Fsp3) is 0.417. The van der Waals surface area contributed by atoms with Crippen molar-refractivity contribution in [1.82, 2.24) is 10.2 Å². The van der Waals surface area contributed by atoms with Crippen molar-refractivity contribution in [2.45, 2.75) is 52.5 Å². The summed E-state index contributed by atoms with van der Waals surface area (Å²) in [5.74, 6) is 0.753. The van der Waals surface area contributed by atoms with Gasteiger partial charge in [-0.3, -0.25) is 9.59 Å². The Morgan fingerprint density at radius 3 is 2.39 bits per heavy atom. The van der Waals surface area contributed by atoms with Gasteiger partial charge >= 0.3 is 0 Å². The first-order chi connectivity index (χ1) is 14.7. The van der Waals surface area contributed by atoms with E-state index in [4.69, 9.17) is 23.2 Å². The summed E-state index contributed by atoms with van der Waals surface area (Å²) in [6, 6.07) is 11.0. The van der Waals surface area contributed by atoms with Crippen molar-refractivity contribution in [1.29, 1.82) is 0 Å². The van der Waals surface area contributed by atoms with Crippen LogP contribution in [0.5, 0.6) is 0 Å². The average Bonchev–Trinajstić information content (AvgIpc) is 2.70. The fourth-order valence-corrected chi connectivity index (χ4v) is 4.62. The quantitative estimate of drug-likeness (QED) is 0.468. The third kappa shape index (κ3) is 8.06. The van der Waals surface area contributed by atoms with Crippen molar-refractivity contribution < 1.29 is 9.59 Å². The molecule has 0 heterocycles. The summed E-state index contributed by atoms with van der Waals surface area (Å²) in [6.45, 7) is 8.71. The van der Waals surface area contributed by atoms with Gasteiger partial charge in [-0.2, -0.15) is 0 Å². The van der Waals surface area contributed by atoms with Gasteiger partial charge < -0.3 is 10.2 Å². The molecular formula is C24H30Cl2N2O2S. The van der Waals surface area contributed by atoms with Crippen LogP contribution in [0.1, 0.15) is 42.5 Å². The first kappa shape index (κ1) is 25.6. The summed E-state index contributed by atoms with van der Waals surface area (Å²) in [4.78, 5) is 27.3. The molecule has 2 amide bonds. The van der Waals surface area contributed by atoms with Gasteiger partial charge in [0.25, 0.3) is 0 Å². The molecule has 168 valence electrons. The molecule has 2 aromatic carbocycles. The second kappa shape index (κ2) is 12.4. The molecule has 2 rings (SSSR count). The zero-order valence-corrected chi connectivity index (χ0v) is 20.8. The number of nitrogens with zero attached hydrogens (tertiary/aromatic N) is 1. The molecule has 0 aliphatic rings. The van der Waals surface area contributed by atoms with Crippen LogP contribution in [-0.2, 0) is 21.9 Å². The van der Waals surface area contributed by atoms with Crippen LogP contribution in [0.4, 0.5) is 0 Å². The molecule has 0 saturated carbocycles. The lowest BCUT2D eigenvalue weighted by atomic mass is 10.1. The number of halogens is 2. The van der Waals surface area contributed by atoms with Crippen LogP contribution >= 0.6 is 35.0 Å². The number of benzene rings is 2. The standard InChI is InChI=1S/C24H30Cl2N2O2S/c1-5-8-27-24(30)18(4)28(13-20-6-7-21(25)12-22(20)26)23(29)15-31-14-19-10-16(2)9-17(3)11-19/h6-7,9-12,18H,5,8,13-15H2,1-4H3,(H,27,30)/t18-/m1/s1. The van der Waals surface area contributed by atoms with Crippen LogP contribution in [0.2, 0.25) is 10.0 Å². The molecule has 0 aliphatic carbocycles. The summed E-state index contributed by atoms with van der Waals surface area (Å²) < 4.78 is 0. The van der Waals surface area contributed by atoms with Crippen molar-refractivity contribution in [2.75, 3.05) is 12.3 Å². The highest BCUT2D eigenvalue weighted by molar-refractivity contribution is 7.99. The summed E-state index contributed by atoms with van der Waals surface area (Å²) >= 11 is 13.9. The zero-order valence-electron chi connectivity index (χ0n) is 18.5. The molecule has 1 N–H and O–H groups in total. The van der Waals surface area contributed by atoms with Gasteiger partial charge in [-0.1, -0.05) is 65.5 Å². The van der Waals surface area contributed by atoms with Gasteiger partial charge in [0.1, 0.15) is 6.04 Å². The first-order valence-corrected chi connectivity index (χ1v) is 12.3. The van der Waals surface area contributed by atoms with Gasteiger partial charge in [0.15, 0.2) is 0 Å². The minimum atomic E-state index is -0.604. The Morgan fingerprint density at radius 2 is 1.77 bits per heavy atom. The summed E-state index contributed by atoms with van der Waals surface area (Å²) in [7, 11) is 0. The lowest BCUT2D eigenvalue weighted by Crippen LogP contribution is -2.48. The predicted octanol–water partition coefficient (Wildman–Crippen LogP) is 5.79. The Hall–Kier alpha value is -1.69. The molecule has 0 aliphatic heterocycles. The fourth-order valence-electron chi connectivity index (χ4n) is 3.30. The lowest BCUT2D eigenvalue weighted by Gasteiger charge is -2.29. The number of carbonyl (C=O) groups excluding carboxylic acids is 2. The van der Waals surface area contributed by atoms with Crippen molar-refractivity contribution in [3.8, 4) is 0 Å². The van der Waals surface area contributed by atoms with E-state index < -0.39 is 6.04 Å².